The van der Waals surface area contributed by atoms with E-state index in [0.717, 1.165) is 18.8 Å². The molecule has 0 saturated heterocycles. The molecule has 0 aromatic rings. The lowest BCUT2D eigenvalue weighted by Crippen LogP contribution is -2.46. The third-order valence-electron chi connectivity index (χ3n) is 3.57. The normalized spacial score (nSPS) is 26.4. The van der Waals surface area contributed by atoms with Crippen LogP contribution in [-0.4, -0.2) is 41.8 Å². The van der Waals surface area contributed by atoms with Gasteiger partial charge in [0.05, 0.1) is 6.10 Å². The van der Waals surface area contributed by atoms with Crippen LogP contribution in [0.3, 0.4) is 0 Å². The van der Waals surface area contributed by atoms with Crippen molar-refractivity contribution in [2.45, 2.75) is 58.1 Å². The van der Waals surface area contributed by atoms with Crippen LogP contribution in [-0.2, 0) is 0 Å². The van der Waals surface area contributed by atoms with E-state index in [1.807, 2.05) is 0 Å². The molecule has 0 aliphatic heterocycles. The average Bonchev–Trinajstić information content (AvgIpc) is 2.28. The Kier molecular flexibility index (Phi) is 5.75. The summed E-state index contributed by atoms with van der Waals surface area (Å²) in [6.07, 6.45) is 5.43. The van der Waals surface area contributed by atoms with E-state index in [1.54, 1.807) is 18.9 Å². The topological polar surface area (TPSA) is 52.6 Å². The van der Waals surface area contributed by atoms with Crippen LogP contribution < -0.4 is 5.32 Å². The summed E-state index contributed by atoms with van der Waals surface area (Å²) in [6, 6.07) is 0.255. The SMILES string of the molecule is CCC1CCCC(NC(=O)N(C)CC(C)O)C1. The minimum Gasteiger partial charge on any atom is -0.392 e. The number of hydrogen-bond donors (Lipinski definition) is 2. The molecule has 1 saturated carbocycles. The van der Waals surface area contributed by atoms with Gasteiger partial charge in [-0.15, -0.1) is 0 Å². The summed E-state index contributed by atoms with van der Waals surface area (Å²) >= 11 is 0. The molecule has 1 aliphatic rings. The van der Waals surface area contributed by atoms with Crippen LogP contribution in [0.2, 0.25) is 0 Å². The molecule has 2 N–H and O–H groups in total. The Labute approximate surface area is 104 Å². The predicted molar refractivity (Wildman–Crippen MR) is 68.9 cm³/mol. The van der Waals surface area contributed by atoms with Crippen molar-refractivity contribution in [1.29, 1.82) is 0 Å². The fourth-order valence-corrected chi connectivity index (χ4v) is 2.56. The van der Waals surface area contributed by atoms with Gasteiger partial charge < -0.3 is 15.3 Å². The Morgan fingerprint density at radius 1 is 1.53 bits per heavy atom. The summed E-state index contributed by atoms with van der Waals surface area (Å²) in [5, 5.41) is 12.3. The van der Waals surface area contributed by atoms with E-state index in [-0.39, 0.29) is 6.03 Å². The second kappa shape index (κ2) is 6.84. The van der Waals surface area contributed by atoms with Crippen molar-refractivity contribution in [2.24, 2.45) is 5.92 Å². The number of hydrogen-bond acceptors (Lipinski definition) is 2. The number of rotatable bonds is 4. The number of likely N-dealkylation sites (N-methyl/N-ethyl adjacent to an activating group) is 1. The van der Waals surface area contributed by atoms with Gasteiger partial charge in [0.25, 0.3) is 0 Å². The highest BCUT2D eigenvalue weighted by atomic mass is 16.3. The van der Waals surface area contributed by atoms with Crippen molar-refractivity contribution in [3.8, 4) is 0 Å². The summed E-state index contributed by atoms with van der Waals surface area (Å²) < 4.78 is 0. The number of aliphatic hydroxyl groups is 1. The van der Waals surface area contributed by atoms with Crippen LogP contribution in [0.25, 0.3) is 0 Å². The van der Waals surface area contributed by atoms with Gasteiger partial charge in [-0.3, -0.25) is 0 Å². The van der Waals surface area contributed by atoms with E-state index in [9.17, 15) is 9.90 Å². The molecule has 4 heteroatoms. The quantitative estimate of drug-likeness (QED) is 0.792. The monoisotopic (exact) mass is 242 g/mol. The zero-order chi connectivity index (χ0) is 12.8. The maximum atomic E-state index is 11.8. The van der Waals surface area contributed by atoms with E-state index in [4.69, 9.17) is 0 Å². The van der Waals surface area contributed by atoms with Crippen molar-refractivity contribution in [1.82, 2.24) is 10.2 Å². The highest BCUT2D eigenvalue weighted by molar-refractivity contribution is 5.74. The van der Waals surface area contributed by atoms with Gasteiger partial charge in [0.1, 0.15) is 0 Å². The number of carbonyl (C=O) groups excluding carboxylic acids is 1. The fraction of sp³-hybridized carbons (Fsp3) is 0.923. The van der Waals surface area contributed by atoms with E-state index in [2.05, 4.69) is 12.2 Å². The van der Waals surface area contributed by atoms with Crippen LogP contribution in [0, 0.1) is 5.92 Å². The molecule has 0 heterocycles. The Hall–Kier alpha value is -0.770. The van der Waals surface area contributed by atoms with Gasteiger partial charge in [0, 0.05) is 19.6 Å². The van der Waals surface area contributed by atoms with Gasteiger partial charge in [0.15, 0.2) is 0 Å². The number of amides is 2. The first kappa shape index (κ1) is 14.3. The van der Waals surface area contributed by atoms with Crippen molar-refractivity contribution < 1.29 is 9.90 Å². The summed E-state index contributed by atoms with van der Waals surface area (Å²) in [5.74, 6) is 0.760. The highest BCUT2D eigenvalue weighted by Crippen LogP contribution is 2.26. The predicted octanol–water partition coefficient (Wildman–Crippen LogP) is 1.98. The molecule has 1 fully saturated rings. The first-order valence-electron chi connectivity index (χ1n) is 6.72. The maximum absolute atomic E-state index is 11.8. The first-order chi connectivity index (χ1) is 8.02. The van der Waals surface area contributed by atoms with Gasteiger partial charge in [-0.1, -0.05) is 26.2 Å². The van der Waals surface area contributed by atoms with Crippen LogP contribution in [0.1, 0.15) is 46.0 Å². The molecule has 3 atom stereocenters. The molecule has 0 bridgehead atoms. The molecule has 100 valence electrons. The molecule has 4 nitrogen and oxygen atoms in total. The number of nitrogens with one attached hydrogen (secondary N) is 1. The number of carbonyl (C=O) groups is 1. The number of aliphatic hydroxyl groups excluding tert-OH is 1. The minimum atomic E-state index is -0.472. The molecule has 1 aliphatic carbocycles. The van der Waals surface area contributed by atoms with Gasteiger partial charge in [-0.25, -0.2) is 4.79 Å². The standard InChI is InChI=1S/C13H26N2O2/c1-4-11-6-5-7-12(8-11)14-13(17)15(3)9-10(2)16/h10-12,16H,4-9H2,1-3H3,(H,14,17). The molecule has 0 radical (unpaired) electrons. The Morgan fingerprint density at radius 3 is 2.82 bits per heavy atom. The van der Waals surface area contributed by atoms with Crippen LogP contribution in [0.15, 0.2) is 0 Å². The van der Waals surface area contributed by atoms with E-state index >= 15 is 0 Å². The van der Waals surface area contributed by atoms with Gasteiger partial charge in [0.2, 0.25) is 0 Å². The lowest BCUT2D eigenvalue weighted by Gasteiger charge is -2.30. The zero-order valence-electron chi connectivity index (χ0n) is 11.3. The molecule has 0 spiro atoms. The largest absolute Gasteiger partial charge is 0.392 e. The van der Waals surface area contributed by atoms with E-state index in [0.29, 0.717) is 12.6 Å². The van der Waals surface area contributed by atoms with Gasteiger partial charge in [-0.05, 0) is 25.7 Å². The Balaban J connectivity index is 2.34. The molecule has 17 heavy (non-hydrogen) atoms. The van der Waals surface area contributed by atoms with Gasteiger partial charge in [-0.2, -0.15) is 0 Å². The smallest absolute Gasteiger partial charge is 0.317 e. The molecule has 2 amide bonds. The maximum Gasteiger partial charge on any atom is 0.317 e. The summed E-state index contributed by atoms with van der Waals surface area (Å²) in [5.41, 5.74) is 0. The van der Waals surface area contributed by atoms with Crippen molar-refractivity contribution in [3.63, 3.8) is 0 Å². The molecular formula is C13H26N2O2. The van der Waals surface area contributed by atoms with Crippen molar-refractivity contribution >= 4 is 6.03 Å². The molecular weight excluding hydrogens is 216 g/mol. The molecule has 3 unspecified atom stereocenters. The third-order valence-corrected chi connectivity index (χ3v) is 3.57. The number of urea groups is 1. The Bertz CT molecular complexity index is 244. The van der Waals surface area contributed by atoms with E-state index < -0.39 is 6.10 Å². The second-order valence-corrected chi connectivity index (χ2v) is 5.32. The summed E-state index contributed by atoms with van der Waals surface area (Å²) in [6.45, 7) is 4.29. The van der Waals surface area contributed by atoms with E-state index in [1.165, 1.54) is 19.3 Å². The Morgan fingerprint density at radius 2 is 2.24 bits per heavy atom. The highest BCUT2D eigenvalue weighted by Gasteiger charge is 2.23. The lowest BCUT2D eigenvalue weighted by molar-refractivity contribution is 0.140. The van der Waals surface area contributed by atoms with Crippen LogP contribution in [0.4, 0.5) is 4.79 Å². The molecule has 1 rings (SSSR count). The van der Waals surface area contributed by atoms with Crippen LogP contribution in [0.5, 0.6) is 0 Å². The third kappa shape index (κ3) is 4.94. The summed E-state index contributed by atoms with van der Waals surface area (Å²) in [4.78, 5) is 13.4. The zero-order valence-corrected chi connectivity index (χ0v) is 11.3. The number of nitrogens with zero attached hydrogens (tertiary/aromatic N) is 1. The van der Waals surface area contributed by atoms with Crippen molar-refractivity contribution in [2.75, 3.05) is 13.6 Å². The lowest BCUT2D eigenvalue weighted by atomic mass is 9.84. The average molecular weight is 242 g/mol. The summed E-state index contributed by atoms with van der Waals surface area (Å²) in [7, 11) is 1.72. The van der Waals surface area contributed by atoms with Crippen molar-refractivity contribution in [3.05, 3.63) is 0 Å². The fourth-order valence-electron chi connectivity index (χ4n) is 2.56. The molecule has 0 aromatic carbocycles. The molecule has 0 aromatic heterocycles. The van der Waals surface area contributed by atoms with Crippen LogP contribution >= 0.6 is 0 Å². The minimum absolute atomic E-state index is 0.0624. The second-order valence-electron chi connectivity index (χ2n) is 5.32. The van der Waals surface area contributed by atoms with Gasteiger partial charge >= 0.3 is 6.03 Å². The first-order valence-corrected chi connectivity index (χ1v) is 6.72.